The predicted octanol–water partition coefficient (Wildman–Crippen LogP) is 3.02. The summed E-state index contributed by atoms with van der Waals surface area (Å²) in [6, 6.07) is 8.77. The Bertz CT molecular complexity index is 862. The lowest BCUT2D eigenvalue weighted by Crippen LogP contribution is -2.15. The third kappa shape index (κ3) is 3.59. The second-order valence-corrected chi connectivity index (χ2v) is 6.67. The van der Waals surface area contributed by atoms with Crippen LogP contribution < -0.4 is 9.46 Å². The molecule has 0 saturated carbocycles. The second-order valence-electron chi connectivity index (χ2n) is 5.02. The molecule has 0 aliphatic carbocycles. The Morgan fingerprint density at radius 2 is 1.83 bits per heavy atom. The smallest absolute Gasteiger partial charge is 0.270 e. The Morgan fingerprint density at radius 1 is 1.13 bits per heavy atom. The van der Waals surface area contributed by atoms with Crippen LogP contribution in [0.4, 0.5) is 11.4 Å². The van der Waals surface area contributed by atoms with Gasteiger partial charge in [0, 0.05) is 12.1 Å². The number of sulfonamides is 1. The summed E-state index contributed by atoms with van der Waals surface area (Å²) < 4.78 is 32.7. The minimum Gasteiger partial charge on any atom is -0.495 e. The van der Waals surface area contributed by atoms with E-state index in [0.29, 0.717) is 11.3 Å². The number of rotatable bonds is 5. The molecule has 0 amide bonds. The molecule has 0 aliphatic rings. The summed E-state index contributed by atoms with van der Waals surface area (Å²) >= 11 is 0. The van der Waals surface area contributed by atoms with Gasteiger partial charge in [0.25, 0.3) is 15.7 Å². The number of benzene rings is 2. The number of hydrogen-bond acceptors (Lipinski definition) is 5. The van der Waals surface area contributed by atoms with E-state index in [1.165, 1.54) is 19.2 Å². The molecule has 0 heterocycles. The van der Waals surface area contributed by atoms with E-state index in [0.717, 1.165) is 11.6 Å². The van der Waals surface area contributed by atoms with Gasteiger partial charge in [-0.2, -0.15) is 0 Å². The largest absolute Gasteiger partial charge is 0.495 e. The van der Waals surface area contributed by atoms with Crippen LogP contribution >= 0.6 is 0 Å². The normalized spacial score (nSPS) is 11.1. The minimum absolute atomic E-state index is 0.143. The van der Waals surface area contributed by atoms with Crippen molar-refractivity contribution in [3.05, 3.63) is 57.6 Å². The molecule has 0 aromatic heterocycles. The second kappa shape index (κ2) is 6.25. The van der Waals surface area contributed by atoms with E-state index in [-0.39, 0.29) is 16.3 Å². The van der Waals surface area contributed by atoms with E-state index in [1.807, 2.05) is 6.92 Å². The first-order valence-corrected chi connectivity index (χ1v) is 8.15. The zero-order valence-corrected chi connectivity index (χ0v) is 13.7. The molecule has 122 valence electrons. The lowest BCUT2D eigenvalue weighted by Gasteiger charge is -2.13. The molecule has 2 aromatic carbocycles. The van der Waals surface area contributed by atoms with Crippen molar-refractivity contribution in [1.82, 2.24) is 0 Å². The van der Waals surface area contributed by atoms with Gasteiger partial charge in [0.05, 0.1) is 22.6 Å². The van der Waals surface area contributed by atoms with E-state index >= 15 is 0 Å². The van der Waals surface area contributed by atoms with Gasteiger partial charge >= 0.3 is 0 Å². The number of nitro benzene ring substituents is 1. The Balaban J connectivity index is 2.50. The number of hydrogen-bond donors (Lipinski definition) is 1. The summed E-state index contributed by atoms with van der Waals surface area (Å²) in [5.41, 5.74) is 1.25. The molecule has 0 fully saturated rings. The molecule has 8 heteroatoms. The molecule has 0 unspecified atom stereocenters. The zero-order valence-electron chi connectivity index (χ0n) is 12.9. The highest BCUT2D eigenvalue weighted by Crippen LogP contribution is 2.29. The van der Waals surface area contributed by atoms with Gasteiger partial charge in [0.15, 0.2) is 0 Å². The summed E-state index contributed by atoms with van der Waals surface area (Å²) in [5.74, 6) is 0.363. The Labute approximate surface area is 134 Å². The standard InChI is InChI=1S/C15H16N2O5S/c1-10-4-7-14(22-3)13(8-10)16-23(20,21)15-9-12(17(18)19)6-5-11(15)2/h4-9,16H,1-3H3. The quantitative estimate of drug-likeness (QED) is 0.668. The van der Waals surface area contributed by atoms with E-state index in [4.69, 9.17) is 4.74 Å². The zero-order chi connectivity index (χ0) is 17.2. The Kier molecular flexibility index (Phi) is 4.55. The van der Waals surface area contributed by atoms with Crippen LogP contribution in [-0.4, -0.2) is 20.5 Å². The van der Waals surface area contributed by atoms with Crippen molar-refractivity contribution in [3.8, 4) is 5.75 Å². The predicted molar refractivity (Wildman–Crippen MR) is 86.4 cm³/mol. The maximum absolute atomic E-state index is 12.6. The molecular weight excluding hydrogens is 320 g/mol. The fraction of sp³-hybridized carbons (Fsp3) is 0.200. The van der Waals surface area contributed by atoms with E-state index in [2.05, 4.69) is 4.72 Å². The van der Waals surface area contributed by atoms with Crippen molar-refractivity contribution in [2.24, 2.45) is 0 Å². The average molecular weight is 336 g/mol. The van der Waals surface area contributed by atoms with Crippen molar-refractivity contribution in [2.75, 3.05) is 11.8 Å². The van der Waals surface area contributed by atoms with E-state index in [9.17, 15) is 18.5 Å². The summed E-state index contributed by atoms with van der Waals surface area (Å²) in [6.45, 7) is 3.39. The fourth-order valence-electron chi connectivity index (χ4n) is 2.09. The molecule has 2 aromatic rings. The number of non-ortho nitro benzene ring substituents is 1. The number of ether oxygens (including phenoxy) is 1. The first-order chi connectivity index (χ1) is 10.7. The van der Waals surface area contributed by atoms with Crippen LogP contribution in [0.2, 0.25) is 0 Å². The molecule has 7 nitrogen and oxygen atoms in total. The molecule has 2 rings (SSSR count). The lowest BCUT2D eigenvalue weighted by molar-refractivity contribution is -0.385. The molecule has 0 aliphatic heterocycles. The first kappa shape index (κ1) is 16.8. The third-order valence-electron chi connectivity index (χ3n) is 3.27. The number of anilines is 1. The van der Waals surface area contributed by atoms with Crippen LogP contribution in [0.5, 0.6) is 5.75 Å². The molecule has 1 N–H and O–H groups in total. The monoisotopic (exact) mass is 336 g/mol. The summed E-state index contributed by atoms with van der Waals surface area (Å²) in [4.78, 5) is 10.1. The highest BCUT2D eigenvalue weighted by Gasteiger charge is 2.22. The molecule has 23 heavy (non-hydrogen) atoms. The maximum Gasteiger partial charge on any atom is 0.270 e. The number of methoxy groups -OCH3 is 1. The number of nitrogens with zero attached hydrogens (tertiary/aromatic N) is 1. The molecular formula is C15H16N2O5S. The number of aryl methyl sites for hydroxylation is 2. The molecule has 0 bridgehead atoms. The van der Waals surface area contributed by atoms with Crippen LogP contribution in [0.15, 0.2) is 41.3 Å². The number of nitrogens with one attached hydrogen (secondary N) is 1. The van der Waals surface area contributed by atoms with Crippen molar-refractivity contribution < 1.29 is 18.1 Å². The first-order valence-electron chi connectivity index (χ1n) is 6.67. The minimum atomic E-state index is -3.98. The number of nitro groups is 1. The molecule has 0 radical (unpaired) electrons. The highest BCUT2D eigenvalue weighted by molar-refractivity contribution is 7.92. The van der Waals surface area contributed by atoms with Crippen LogP contribution in [0.25, 0.3) is 0 Å². The van der Waals surface area contributed by atoms with E-state index < -0.39 is 14.9 Å². The van der Waals surface area contributed by atoms with Crippen LogP contribution in [0, 0.1) is 24.0 Å². The summed E-state index contributed by atoms with van der Waals surface area (Å²) in [6.07, 6.45) is 0. The van der Waals surface area contributed by atoms with Crippen molar-refractivity contribution >= 4 is 21.4 Å². The summed E-state index contributed by atoms with van der Waals surface area (Å²) in [5, 5.41) is 10.9. The third-order valence-corrected chi connectivity index (χ3v) is 4.78. The maximum atomic E-state index is 12.6. The van der Waals surface area contributed by atoms with Gasteiger partial charge in [-0.3, -0.25) is 14.8 Å². The molecule has 0 spiro atoms. The van der Waals surface area contributed by atoms with Gasteiger partial charge in [-0.15, -0.1) is 0 Å². The SMILES string of the molecule is COc1ccc(C)cc1NS(=O)(=O)c1cc([N+](=O)[O-])ccc1C. The van der Waals surface area contributed by atoms with Gasteiger partial charge in [-0.05, 0) is 37.1 Å². The average Bonchev–Trinajstić information content (AvgIpc) is 2.47. The highest BCUT2D eigenvalue weighted by atomic mass is 32.2. The molecule has 0 atom stereocenters. The van der Waals surface area contributed by atoms with Crippen LogP contribution in [-0.2, 0) is 10.0 Å². The summed E-state index contributed by atoms with van der Waals surface area (Å²) in [7, 11) is -2.55. The molecule has 0 saturated heterocycles. The van der Waals surface area contributed by atoms with Gasteiger partial charge in [-0.1, -0.05) is 12.1 Å². The van der Waals surface area contributed by atoms with Gasteiger partial charge < -0.3 is 4.74 Å². The van der Waals surface area contributed by atoms with Crippen molar-refractivity contribution in [2.45, 2.75) is 18.7 Å². The van der Waals surface area contributed by atoms with Crippen LogP contribution in [0.1, 0.15) is 11.1 Å². The van der Waals surface area contributed by atoms with Crippen molar-refractivity contribution in [1.29, 1.82) is 0 Å². The fourth-order valence-corrected chi connectivity index (χ4v) is 3.42. The topological polar surface area (TPSA) is 98.5 Å². The van der Waals surface area contributed by atoms with Gasteiger partial charge in [-0.25, -0.2) is 8.42 Å². The van der Waals surface area contributed by atoms with Crippen molar-refractivity contribution in [3.63, 3.8) is 0 Å². The van der Waals surface area contributed by atoms with Crippen LogP contribution in [0.3, 0.4) is 0 Å². The lowest BCUT2D eigenvalue weighted by atomic mass is 10.2. The van der Waals surface area contributed by atoms with Gasteiger partial charge in [0.1, 0.15) is 5.75 Å². The Hall–Kier alpha value is -2.61. The Morgan fingerprint density at radius 3 is 2.43 bits per heavy atom. The van der Waals surface area contributed by atoms with E-state index in [1.54, 1.807) is 25.1 Å². The van der Waals surface area contributed by atoms with Gasteiger partial charge in [0.2, 0.25) is 0 Å².